The summed E-state index contributed by atoms with van der Waals surface area (Å²) in [5.74, 6) is -0.268. The van der Waals surface area contributed by atoms with Gasteiger partial charge >= 0.3 is 0 Å². The van der Waals surface area contributed by atoms with Gasteiger partial charge in [-0.1, -0.05) is 30.3 Å². The van der Waals surface area contributed by atoms with Crippen LogP contribution in [0.25, 0.3) is 0 Å². The van der Waals surface area contributed by atoms with E-state index in [9.17, 15) is 4.39 Å². The first-order chi connectivity index (χ1) is 9.16. The van der Waals surface area contributed by atoms with Crippen molar-refractivity contribution in [2.45, 2.75) is 25.3 Å². The van der Waals surface area contributed by atoms with Gasteiger partial charge in [-0.05, 0) is 57.9 Å². The van der Waals surface area contributed by atoms with Crippen LogP contribution in [0.3, 0.4) is 0 Å². The van der Waals surface area contributed by atoms with E-state index in [1.807, 2.05) is 12.1 Å². The van der Waals surface area contributed by atoms with Crippen LogP contribution in [0.5, 0.6) is 0 Å². The lowest BCUT2D eigenvalue weighted by Crippen LogP contribution is -2.14. The molecule has 0 heterocycles. The van der Waals surface area contributed by atoms with Crippen molar-refractivity contribution in [3.63, 3.8) is 0 Å². The zero-order valence-electron chi connectivity index (χ0n) is 10.5. The molecule has 1 atom stereocenters. The maximum absolute atomic E-state index is 14.1. The Hall–Kier alpha value is -1.19. The molecule has 1 aliphatic carbocycles. The summed E-state index contributed by atoms with van der Waals surface area (Å²) >= 11 is 3.21. The Morgan fingerprint density at radius 3 is 2.74 bits per heavy atom. The molecular formula is C16H15BrFN. The van der Waals surface area contributed by atoms with Crippen LogP contribution in [0.2, 0.25) is 0 Å². The number of benzene rings is 2. The number of nitrogens with two attached hydrogens (primary N) is 1. The van der Waals surface area contributed by atoms with E-state index in [4.69, 9.17) is 5.73 Å². The van der Waals surface area contributed by atoms with Gasteiger partial charge in [0.2, 0.25) is 0 Å². The van der Waals surface area contributed by atoms with Crippen LogP contribution < -0.4 is 5.73 Å². The van der Waals surface area contributed by atoms with Crippen LogP contribution in [0.1, 0.15) is 34.7 Å². The van der Waals surface area contributed by atoms with Crippen molar-refractivity contribution in [2.75, 3.05) is 0 Å². The molecule has 2 aromatic carbocycles. The van der Waals surface area contributed by atoms with E-state index >= 15 is 0 Å². The van der Waals surface area contributed by atoms with E-state index in [-0.39, 0.29) is 5.82 Å². The highest BCUT2D eigenvalue weighted by Crippen LogP contribution is 2.30. The van der Waals surface area contributed by atoms with E-state index in [0.717, 1.165) is 18.4 Å². The molecule has 3 rings (SSSR count). The minimum Gasteiger partial charge on any atom is -0.320 e. The highest BCUT2D eigenvalue weighted by Gasteiger charge is 2.18. The number of hydrogen-bond acceptors (Lipinski definition) is 1. The fourth-order valence-electron chi connectivity index (χ4n) is 2.73. The molecule has 0 saturated carbocycles. The van der Waals surface area contributed by atoms with Crippen molar-refractivity contribution in [1.82, 2.24) is 0 Å². The quantitative estimate of drug-likeness (QED) is 0.885. The van der Waals surface area contributed by atoms with E-state index in [1.54, 1.807) is 12.1 Å². The highest BCUT2D eigenvalue weighted by molar-refractivity contribution is 9.10. The minimum absolute atomic E-state index is 0.268. The molecule has 2 aromatic rings. The van der Waals surface area contributed by atoms with Gasteiger partial charge < -0.3 is 5.73 Å². The second kappa shape index (κ2) is 5.06. The van der Waals surface area contributed by atoms with E-state index in [2.05, 4.69) is 28.1 Å². The first kappa shape index (κ1) is 12.8. The summed E-state index contributed by atoms with van der Waals surface area (Å²) in [6.07, 6.45) is 3.46. The van der Waals surface area contributed by atoms with Crippen molar-refractivity contribution in [2.24, 2.45) is 5.73 Å². The minimum atomic E-state index is -0.414. The highest BCUT2D eigenvalue weighted by atomic mass is 79.9. The second-order valence-corrected chi connectivity index (χ2v) is 5.86. The maximum Gasteiger partial charge on any atom is 0.142 e. The molecule has 19 heavy (non-hydrogen) atoms. The molecule has 0 radical (unpaired) electrons. The summed E-state index contributed by atoms with van der Waals surface area (Å²) in [6, 6.07) is 11.1. The molecule has 0 aliphatic heterocycles. The fourth-order valence-corrected chi connectivity index (χ4v) is 3.11. The third-order valence-electron chi connectivity index (χ3n) is 3.80. The second-order valence-electron chi connectivity index (χ2n) is 5.00. The Morgan fingerprint density at radius 1 is 1.11 bits per heavy atom. The molecule has 0 aromatic heterocycles. The van der Waals surface area contributed by atoms with Gasteiger partial charge in [-0.2, -0.15) is 0 Å². The van der Waals surface area contributed by atoms with Crippen LogP contribution in [0, 0.1) is 5.82 Å². The smallest absolute Gasteiger partial charge is 0.142 e. The summed E-state index contributed by atoms with van der Waals surface area (Å²) in [4.78, 5) is 0. The van der Waals surface area contributed by atoms with Gasteiger partial charge in [0.15, 0.2) is 0 Å². The fraction of sp³-hybridized carbons (Fsp3) is 0.250. The van der Waals surface area contributed by atoms with Crippen molar-refractivity contribution in [1.29, 1.82) is 0 Å². The molecule has 1 aliphatic rings. The number of aryl methyl sites for hydroxylation is 2. The lowest BCUT2D eigenvalue weighted by Gasteiger charge is -2.15. The average molecular weight is 320 g/mol. The lowest BCUT2D eigenvalue weighted by molar-refractivity contribution is 0.593. The zero-order valence-corrected chi connectivity index (χ0v) is 12.1. The monoisotopic (exact) mass is 319 g/mol. The zero-order chi connectivity index (χ0) is 13.4. The molecule has 1 unspecified atom stereocenters. The Bertz CT molecular complexity index is 624. The number of hydrogen-bond donors (Lipinski definition) is 1. The third kappa shape index (κ3) is 2.33. The van der Waals surface area contributed by atoms with Crippen LogP contribution >= 0.6 is 15.9 Å². The van der Waals surface area contributed by atoms with E-state index in [0.29, 0.717) is 10.0 Å². The Labute approximate surface area is 120 Å². The molecule has 0 amide bonds. The van der Waals surface area contributed by atoms with Crippen molar-refractivity contribution < 1.29 is 4.39 Å². The van der Waals surface area contributed by atoms with Crippen LogP contribution in [0.15, 0.2) is 40.9 Å². The van der Waals surface area contributed by atoms with Gasteiger partial charge in [0.1, 0.15) is 5.82 Å². The molecule has 98 valence electrons. The molecule has 0 bridgehead atoms. The average Bonchev–Trinajstić information content (AvgIpc) is 2.88. The summed E-state index contributed by atoms with van der Waals surface area (Å²) < 4.78 is 14.5. The number of fused-ring (bicyclic) bond motifs is 1. The molecule has 1 nitrogen and oxygen atoms in total. The lowest BCUT2D eigenvalue weighted by atomic mass is 9.96. The Morgan fingerprint density at radius 2 is 1.89 bits per heavy atom. The van der Waals surface area contributed by atoms with Crippen molar-refractivity contribution >= 4 is 15.9 Å². The van der Waals surface area contributed by atoms with Crippen LogP contribution in [-0.4, -0.2) is 0 Å². The third-order valence-corrected chi connectivity index (χ3v) is 4.41. The molecule has 0 fully saturated rings. The van der Waals surface area contributed by atoms with Crippen LogP contribution in [-0.2, 0) is 12.8 Å². The van der Waals surface area contributed by atoms with Gasteiger partial charge in [0, 0.05) is 5.56 Å². The maximum atomic E-state index is 14.1. The SMILES string of the molecule is NC(c1ccc2c(c1)CCC2)c1cccc(Br)c1F. The van der Waals surface area contributed by atoms with Gasteiger partial charge in [-0.25, -0.2) is 4.39 Å². The molecule has 0 saturated heterocycles. The number of rotatable bonds is 2. The van der Waals surface area contributed by atoms with Gasteiger partial charge in [0.25, 0.3) is 0 Å². The predicted octanol–water partition coefficient (Wildman–Crippen LogP) is 4.13. The van der Waals surface area contributed by atoms with Crippen molar-refractivity contribution in [3.05, 3.63) is 68.9 Å². The first-order valence-corrected chi connectivity index (χ1v) is 7.27. The van der Waals surface area contributed by atoms with Gasteiger partial charge in [-0.3, -0.25) is 0 Å². The number of halogens is 2. The van der Waals surface area contributed by atoms with Crippen LogP contribution in [0.4, 0.5) is 4.39 Å². The summed E-state index contributed by atoms with van der Waals surface area (Å²) in [5.41, 5.74) is 10.5. The topological polar surface area (TPSA) is 26.0 Å². The molecule has 2 N–H and O–H groups in total. The largest absolute Gasteiger partial charge is 0.320 e. The van der Waals surface area contributed by atoms with E-state index < -0.39 is 6.04 Å². The Kier molecular flexibility index (Phi) is 3.42. The summed E-state index contributed by atoms with van der Waals surface area (Å²) in [6.45, 7) is 0. The Balaban J connectivity index is 2.00. The van der Waals surface area contributed by atoms with E-state index in [1.165, 1.54) is 17.5 Å². The van der Waals surface area contributed by atoms with Gasteiger partial charge in [-0.15, -0.1) is 0 Å². The summed E-state index contributed by atoms with van der Waals surface area (Å²) in [5, 5.41) is 0. The molecule has 3 heteroatoms. The summed E-state index contributed by atoms with van der Waals surface area (Å²) in [7, 11) is 0. The normalized spacial score (nSPS) is 15.3. The molecule has 0 spiro atoms. The molecular weight excluding hydrogens is 305 g/mol. The first-order valence-electron chi connectivity index (χ1n) is 6.48. The van der Waals surface area contributed by atoms with Crippen molar-refractivity contribution in [3.8, 4) is 0 Å². The standard InChI is InChI=1S/C16H15BrFN/c17-14-6-2-5-13(15(14)18)16(19)12-8-7-10-3-1-4-11(10)9-12/h2,5-9,16H,1,3-4,19H2. The predicted molar refractivity (Wildman–Crippen MR) is 78.6 cm³/mol. The van der Waals surface area contributed by atoms with Gasteiger partial charge in [0.05, 0.1) is 10.5 Å².